The molecular formula is C15H34N4O. The number of nitrogens with zero attached hydrogens (tertiary/aromatic N) is 3. The molecule has 0 saturated carbocycles. The molecule has 1 amide bonds. The predicted octanol–water partition coefficient (Wildman–Crippen LogP) is 0.702. The third kappa shape index (κ3) is 8.51. The van der Waals surface area contributed by atoms with Crippen LogP contribution in [0.5, 0.6) is 0 Å². The lowest BCUT2D eigenvalue weighted by atomic mass is 10.0. The average molecular weight is 286 g/mol. The van der Waals surface area contributed by atoms with Gasteiger partial charge in [0.25, 0.3) is 0 Å². The molecule has 0 aromatic rings. The zero-order valence-electron chi connectivity index (χ0n) is 14.2. The summed E-state index contributed by atoms with van der Waals surface area (Å²) in [4.78, 5) is 18.6. The van der Waals surface area contributed by atoms with Gasteiger partial charge in [-0.2, -0.15) is 0 Å². The minimum atomic E-state index is -0.381. The van der Waals surface area contributed by atoms with Gasteiger partial charge in [-0.05, 0) is 60.0 Å². The van der Waals surface area contributed by atoms with Crippen LogP contribution in [0.2, 0.25) is 0 Å². The van der Waals surface area contributed by atoms with Crippen LogP contribution in [0.15, 0.2) is 0 Å². The highest BCUT2D eigenvalue weighted by Gasteiger charge is 2.23. The molecule has 5 nitrogen and oxygen atoms in total. The molecule has 0 aromatic carbocycles. The number of carbonyl (C=O) groups excluding carboxylic acids is 1. The summed E-state index contributed by atoms with van der Waals surface area (Å²) in [6.45, 7) is 7.58. The summed E-state index contributed by atoms with van der Waals surface area (Å²) >= 11 is 0. The van der Waals surface area contributed by atoms with Crippen molar-refractivity contribution in [1.82, 2.24) is 14.7 Å². The number of rotatable bonds is 10. The molecule has 0 bridgehead atoms. The highest BCUT2D eigenvalue weighted by Crippen LogP contribution is 2.06. The van der Waals surface area contributed by atoms with Gasteiger partial charge in [0, 0.05) is 13.1 Å². The molecule has 0 aliphatic heterocycles. The Hall–Kier alpha value is -0.650. The molecule has 5 heteroatoms. The Morgan fingerprint density at radius 3 is 1.60 bits per heavy atom. The zero-order chi connectivity index (χ0) is 15.7. The molecule has 2 N–H and O–H groups in total. The highest BCUT2D eigenvalue weighted by molar-refractivity contribution is 5.81. The third-order valence-electron chi connectivity index (χ3n) is 3.38. The van der Waals surface area contributed by atoms with Crippen molar-refractivity contribution in [3.63, 3.8) is 0 Å². The van der Waals surface area contributed by atoms with Crippen LogP contribution >= 0.6 is 0 Å². The summed E-state index contributed by atoms with van der Waals surface area (Å²) in [6.07, 6.45) is 1.98. The van der Waals surface area contributed by atoms with Crippen molar-refractivity contribution >= 4 is 5.91 Å². The molecule has 1 atom stereocenters. The monoisotopic (exact) mass is 286 g/mol. The van der Waals surface area contributed by atoms with Gasteiger partial charge in [0.05, 0.1) is 6.04 Å². The van der Waals surface area contributed by atoms with Gasteiger partial charge in [0.1, 0.15) is 0 Å². The maximum absolute atomic E-state index is 12.4. The van der Waals surface area contributed by atoms with Crippen LogP contribution in [0.25, 0.3) is 0 Å². The number of nitrogens with two attached hydrogens (primary N) is 1. The summed E-state index contributed by atoms with van der Waals surface area (Å²) in [7, 11) is 8.21. The highest BCUT2D eigenvalue weighted by atomic mass is 16.2. The average Bonchev–Trinajstić information content (AvgIpc) is 2.34. The van der Waals surface area contributed by atoms with Gasteiger partial charge in [-0.25, -0.2) is 0 Å². The number of amides is 1. The molecule has 0 spiro atoms. The first-order valence-corrected chi connectivity index (χ1v) is 7.59. The Bertz CT molecular complexity index is 253. The summed E-state index contributed by atoms with van der Waals surface area (Å²) in [5.41, 5.74) is 6.01. The van der Waals surface area contributed by atoms with Gasteiger partial charge in [0.2, 0.25) is 5.91 Å². The van der Waals surface area contributed by atoms with Crippen molar-refractivity contribution in [3.8, 4) is 0 Å². The fourth-order valence-corrected chi connectivity index (χ4v) is 1.98. The zero-order valence-corrected chi connectivity index (χ0v) is 14.2. The predicted molar refractivity (Wildman–Crippen MR) is 85.7 cm³/mol. The van der Waals surface area contributed by atoms with E-state index in [4.69, 9.17) is 5.73 Å². The van der Waals surface area contributed by atoms with Crippen LogP contribution in [-0.2, 0) is 4.79 Å². The third-order valence-corrected chi connectivity index (χ3v) is 3.38. The largest absolute Gasteiger partial charge is 0.341 e. The van der Waals surface area contributed by atoms with E-state index in [0.29, 0.717) is 0 Å². The molecule has 0 radical (unpaired) electrons. The molecule has 0 unspecified atom stereocenters. The lowest BCUT2D eigenvalue weighted by Crippen LogP contribution is -2.47. The van der Waals surface area contributed by atoms with E-state index in [9.17, 15) is 4.79 Å². The fourth-order valence-electron chi connectivity index (χ4n) is 1.98. The van der Waals surface area contributed by atoms with Crippen LogP contribution in [0.3, 0.4) is 0 Å². The van der Waals surface area contributed by atoms with E-state index in [1.807, 2.05) is 18.7 Å². The molecule has 20 heavy (non-hydrogen) atoms. The second kappa shape index (κ2) is 10.1. The van der Waals surface area contributed by atoms with Crippen LogP contribution in [-0.4, -0.2) is 81.0 Å². The topological polar surface area (TPSA) is 52.8 Å². The molecule has 0 aliphatic rings. The second-order valence-electron chi connectivity index (χ2n) is 6.41. The van der Waals surface area contributed by atoms with E-state index in [1.54, 1.807) is 0 Å². The van der Waals surface area contributed by atoms with Gasteiger partial charge in [0.15, 0.2) is 0 Å². The van der Waals surface area contributed by atoms with Crippen molar-refractivity contribution in [3.05, 3.63) is 0 Å². The Morgan fingerprint density at radius 2 is 1.30 bits per heavy atom. The Balaban J connectivity index is 4.40. The second-order valence-corrected chi connectivity index (χ2v) is 6.41. The lowest BCUT2D eigenvalue weighted by molar-refractivity contribution is -0.133. The van der Waals surface area contributed by atoms with Crippen molar-refractivity contribution in [2.45, 2.75) is 32.7 Å². The van der Waals surface area contributed by atoms with Gasteiger partial charge < -0.3 is 20.4 Å². The molecule has 0 fully saturated rings. The standard InChI is InChI=1S/C15H34N4O/c1-13(2)14(16)15(20)19(11-7-9-17(3)4)12-8-10-18(5)6/h13-14H,7-12,16H2,1-6H3/t14-/m0/s1. The molecule has 0 rings (SSSR count). The molecule has 0 saturated heterocycles. The van der Waals surface area contributed by atoms with E-state index in [-0.39, 0.29) is 17.9 Å². The summed E-state index contributed by atoms with van der Waals surface area (Å²) in [6, 6.07) is -0.381. The Morgan fingerprint density at radius 1 is 0.900 bits per heavy atom. The van der Waals surface area contributed by atoms with Gasteiger partial charge in [-0.3, -0.25) is 4.79 Å². The first-order chi connectivity index (χ1) is 9.25. The lowest BCUT2D eigenvalue weighted by Gasteiger charge is -2.28. The molecule has 0 aliphatic carbocycles. The molecule has 0 heterocycles. The maximum Gasteiger partial charge on any atom is 0.239 e. The minimum Gasteiger partial charge on any atom is -0.341 e. The van der Waals surface area contributed by atoms with Gasteiger partial charge >= 0.3 is 0 Å². The van der Waals surface area contributed by atoms with E-state index >= 15 is 0 Å². The smallest absolute Gasteiger partial charge is 0.239 e. The van der Waals surface area contributed by atoms with Crippen molar-refractivity contribution < 1.29 is 4.79 Å². The van der Waals surface area contributed by atoms with E-state index < -0.39 is 0 Å². The number of carbonyl (C=O) groups is 1. The minimum absolute atomic E-state index is 0.0949. The maximum atomic E-state index is 12.4. The molecule has 0 aromatic heterocycles. The van der Waals surface area contributed by atoms with Crippen LogP contribution < -0.4 is 5.73 Å². The van der Waals surface area contributed by atoms with Crippen LogP contribution in [0.1, 0.15) is 26.7 Å². The Kier molecular flexibility index (Phi) is 9.80. The quantitative estimate of drug-likeness (QED) is 0.642. The number of hydrogen-bond donors (Lipinski definition) is 1. The number of hydrogen-bond acceptors (Lipinski definition) is 4. The molecular weight excluding hydrogens is 252 g/mol. The summed E-state index contributed by atoms with van der Waals surface area (Å²) in [5.74, 6) is 0.283. The van der Waals surface area contributed by atoms with Crippen molar-refractivity contribution in [1.29, 1.82) is 0 Å². The van der Waals surface area contributed by atoms with Gasteiger partial charge in [-0.15, -0.1) is 0 Å². The molecule has 120 valence electrons. The van der Waals surface area contributed by atoms with Crippen molar-refractivity contribution in [2.75, 3.05) is 54.4 Å². The Labute approximate surface area is 125 Å². The summed E-state index contributed by atoms with van der Waals surface area (Å²) in [5, 5.41) is 0. The normalized spacial score (nSPS) is 13.3. The first kappa shape index (κ1) is 19.4. The fraction of sp³-hybridized carbons (Fsp3) is 0.933. The first-order valence-electron chi connectivity index (χ1n) is 7.59. The van der Waals surface area contributed by atoms with Gasteiger partial charge in [-0.1, -0.05) is 13.8 Å². The van der Waals surface area contributed by atoms with Crippen molar-refractivity contribution in [2.24, 2.45) is 11.7 Å². The summed E-state index contributed by atoms with van der Waals surface area (Å²) < 4.78 is 0. The van der Waals surface area contributed by atoms with Crippen LogP contribution in [0.4, 0.5) is 0 Å². The van der Waals surface area contributed by atoms with Crippen LogP contribution in [0, 0.1) is 5.92 Å². The van der Waals surface area contributed by atoms with E-state index in [2.05, 4.69) is 38.0 Å². The van der Waals surface area contributed by atoms with E-state index in [0.717, 1.165) is 39.0 Å². The SMILES string of the molecule is CC(C)[C@H](N)C(=O)N(CCCN(C)C)CCCN(C)C. The van der Waals surface area contributed by atoms with E-state index in [1.165, 1.54) is 0 Å².